The molecule has 3 N–H and O–H groups in total. The first kappa shape index (κ1) is 17.6. The molecule has 0 aliphatic carbocycles. The van der Waals surface area contributed by atoms with Gasteiger partial charge in [0.2, 0.25) is 0 Å². The molecule has 0 bridgehead atoms. The Labute approximate surface area is 173 Å². The molecule has 4 heteroatoms. The van der Waals surface area contributed by atoms with Crippen molar-refractivity contribution in [2.24, 2.45) is 0 Å². The zero-order chi connectivity index (χ0) is 19.8. The highest BCUT2D eigenvalue weighted by molar-refractivity contribution is 7.15. The summed E-state index contributed by atoms with van der Waals surface area (Å²) in [5.74, 6) is 0.608. The number of phenols is 1. The van der Waals surface area contributed by atoms with Gasteiger partial charge in [-0.25, -0.2) is 0 Å². The number of nitrogens with one attached hydrogen (secondary N) is 1. The monoisotopic (exact) mass is 397 g/mol. The van der Waals surface area contributed by atoms with Crippen molar-refractivity contribution >= 4 is 27.7 Å². The summed E-state index contributed by atoms with van der Waals surface area (Å²) in [6.07, 6.45) is 0. The van der Waals surface area contributed by atoms with E-state index in [9.17, 15) is 10.2 Å². The van der Waals surface area contributed by atoms with Gasteiger partial charge in [-0.3, -0.25) is 0 Å². The van der Waals surface area contributed by atoms with E-state index in [1.54, 1.807) is 17.4 Å². The van der Waals surface area contributed by atoms with Gasteiger partial charge in [0.25, 0.3) is 0 Å². The minimum atomic E-state index is 0.269. The maximum absolute atomic E-state index is 11.1. The number of aromatic hydroxyl groups is 1. The van der Waals surface area contributed by atoms with Crippen molar-refractivity contribution in [3.8, 4) is 28.0 Å². The topological polar surface area (TPSA) is 52.5 Å². The smallest absolute Gasteiger partial charge is 0.131 e. The maximum atomic E-state index is 11.1. The second-order valence-electron chi connectivity index (χ2n) is 6.99. The number of rotatable bonds is 3. The first-order valence-electron chi connectivity index (χ1n) is 9.44. The van der Waals surface area contributed by atoms with Crippen LogP contribution >= 0.6 is 11.3 Å². The Balaban J connectivity index is 1.56. The number of fused-ring (bicyclic) bond motifs is 1. The van der Waals surface area contributed by atoms with Crippen molar-refractivity contribution in [3.05, 3.63) is 95.4 Å². The molecule has 29 heavy (non-hydrogen) atoms. The molecular weight excluding hydrogens is 378 g/mol. The van der Waals surface area contributed by atoms with Gasteiger partial charge in [0.1, 0.15) is 16.5 Å². The van der Waals surface area contributed by atoms with E-state index in [1.165, 1.54) is 0 Å². The average molecular weight is 397 g/mol. The van der Waals surface area contributed by atoms with E-state index in [0.29, 0.717) is 12.3 Å². The average Bonchev–Trinajstić information content (AvgIpc) is 3.20. The van der Waals surface area contributed by atoms with Crippen LogP contribution in [0.5, 0.6) is 5.75 Å². The lowest BCUT2D eigenvalue weighted by Crippen LogP contribution is -2.12. The zero-order valence-corrected chi connectivity index (χ0v) is 16.4. The van der Waals surface area contributed by atoms with Crippen LogP contribution in [-0.2, 0) is 0 Å². The van der Waals surface area contributed by atoms with Gasteiger partial charge in [-0.15, -0.1) is 11.3 Å². The number of aliphatic hydroxyl groups excluding tert-OH is 1. The van der Waals surface area contributed by atoms with Crippen LogP contribution in [0.15, 0.2) is 84.2 Å². The molecule has 0 saturated heterocycles. The molecule has 0 spiro atoms. The summed E-state index contributed by atoms with van der Waals surface area (Å²) in [7, 11) is 0. The number of phenolic OH excluding ortho intramolecular Hbond substituents is 1. The van der Waals surface area contributed by atoms with E-state index < -0.39 is 0 Å². The second-order valence-corrected chi connectivity index (χ2v) is 7.87. The number of aliphatic hydroxyl groups is 1. The molecule has 0 radical (unpaired) electrons. The standard InChI is InChI=1S/C25H19NO2S/c27-22-9-5-4-8-19(22)17-10-12-18(13-11-17)21-15-29-25-23(21)24(28)20(14-26-25)16-6-2-1-3-7-16/h1-13,15,26-28H,14H2. The number of thiophene rings is 1. The summed E-state index contributed by atoms with van der Waals surface area (Å²) >= 11 is 1.61. The lowest BCUT2D eigenvalue weighted by molar-refractivity contribution is 0.477. The van der Waals surface area contributed by atoms with Crippen LogP contribution in [0.1, 0.15) is 11.1 Å². The summed E-state index contributed by atoms with van der Waals surface area (Å²) in [6.45, 7) is 0.606. The molecule has 0 fully saturated rings. The predicted molar refractivity (Wildman–Crippen MR) is 121 cm³/mol. The molecule has 0 saturated carbocycles. The molecule has 4 aromatic rings. The van der Waals surface area contributed by atoms with Crippen LogP contribution in [0.3, 0.4) is 0 Å². The van der Waals surface area contributed by atoms with Crippen LogP contribution in [0.2, 0.25) is 0 Å². The predicted octanol–water partition coefficient (Wildman–Crippen LogP) is 6.64. The number of hydrogen-bond donors (Lipinski definition) is 3. The van der Waals surface area contributed by atoms with E-state index in [-0.39, 0.29) is 5.75 Å². The Kier molecular flexibility index (Phi) is 4.34. The van der Waals surface area contributed by atoms with E-state index >= 15 is 0 Å². The molecular formula is C25H19NO2S. The molecule has 142 valence electrons. The fourth-order valence-corrected chi connectivity index (χ4v) is 4.73. The fourth-order valence-electron chi connectivity index (χ4n) is 3.76. The molecule has 1 aliphatic rings. The third-order valence-corrected chi connectivity index (χ3v) is 6.21. The van der Waals surface area contributed by atoms with E-state index in [0.717, 1.165) is 44.0 Å². The van der Waals surface area contributed by atoms with Gasteiger partial charge < -0.3 is 15.5 Å². The SMILES string of the molecule is OC1=C(c2ccccc2)CNc2scc(-c3ccc(-c4ccccc4O)cc3)c21. The molecule has 0 unspecified atom stereocenters. The normalized spacial score (nSPS) is 13.1. The van der Waals surface area contributed by atoms with Crippen LogP contribution in [0.25, 0.3) is 33.6 Å². The molecule has 1 aliphatic heterocycles. The quantitative estimate of drug-likeness (QED) is 0.363. The highest BCUT2D eigenvalue weighted by Crippen LogP contribution is 2.44. The summed E-state index contributed by atoms with van der Waals surface area (Å²) < 4.78 is 0. The van der Waals surface area contributed by atoms with Crippen molar-refractivity contribution < 1.29 is 10.2 Å². The Morgan fingerprint density at radius 3 is 2.07 bits per heavy atom. The Morgan fingerprint density at radius 1 is 0.690 bits per heavy atom. The highest BCUT2D eigenvalue weighted by Gasteiger charge is 2.24. The van der Waals surface area contributed by atoms with Crippen LogP contribution in [0.4, 0.5) is 5.00 Å². The maximum Gasteiger partial charge on any atom is 0.131 e. The van der Waals surface area contributed by atoms with Gasteiger partial charge in [0.15, 0.2) is 0 Å². The zero-order valence-electron chi connectivity index (χ0n) is 15.6. The van der Waals surface area contributed by atoms with Crippen molar-refractivity contribution in [2.75, 3.05) is 11.9 Å². The van der Waals surface area contributed by atoms with Gasteiger partial charge in [0.05, 0.1) is 5.56 Å². The summed E-state index contributed by atoms with van der Waals surface area (Å²) in [4.78, 5) is 0. The van der Waals surface area contributed by atoms with Gasteiger partial charge in [-0.1, -0.05) is 72.8 Å². The minimum absolute atomic E-state index is 0.269. The largest absolute Gasteiger partial charge is 0.507 e. The van der Waals surface area contributed by atoms with Crippen LogP contribution < -0.4 is 5.32 Å². The van der Waals surface area contributed by atoms with Gasteiger partial charge >= 0.3 is 0 Å². The van der Waals surface area contributed by atoms with E-state index in [4.69, 9.17) is 0 Å². The number of benzene rings is 3. The van der Waals surface area contributed by atoms with E-state index in [2.05, 4.69) is 10.7 Å². The lowest BCUT2D eigenvalue weighted by atomic mass is 9.94. The summed E-state index contributed by atoms with van der Waals surface area (Å²) in [5.41, 5.74) is 6.59. The molecule has 0 atom stereocenters. The van der Waals surface area contributed by atoms with Crippen molar-refractivity contribution in [2.45, 2.75) is 0 Å². The third kappa shape index (κ3) is 3.08. The van der Waals surface area contributed by atoms with Gasteiger partial charge in [-0.2, -0.15) is 0 Å². The van der Waals surface area contributed by atoms with Gasteiger partial charge in [-0.05, 0) is 22.8 Å². The second kappa shape index (κ2) is 7.15. The van der Waals surface area contributed by atoms with E-state index in [1.807, 2.05) is 72.8 Å². The minimum Gasteiger partial charge on any atom is -0.507 e. The van der Waals surface area contributed by atoms with Crippen molar-refractivity contribution in [3.63, 3.8) is 0 Å². The number of anilines is 1. The molecule has 1 aromatic heterocycles. The first-order chi connectivity index (χ1) is 14.2. The Morgan fingerprint density at radius 2 is 1.34 bits per heavy atom. The fraction of sp³-hybridized carbons (Fsp3) is 0.0400. The molecule has 3 nitrogen and oxygen atoms in total. The highest BCUT2D eigenvalue weighted by atomic mass is 32.1. The lowest BCUT2D eigenvalue weighted by Gasteiger charge is -2.20. The Bertz CT molecular complexity index is 1210. The van der Waals surface area contributed by atoms with Crippen molar-refractivity contribution in [1.29, 1.82) is 0 Å². The molecule has 3 aromatic carbocycles. The third-order valence-electron chi connectivity index (χ3n) is 5.27. The first-order valence-corrected chi connectivity index (χ1v) is 10.3. The summed E-state index contributed by atoms with van der Waals surface area (Å²) in [6, 6.07) is 25.4. The van der Waals surface area contributed by atoms with Gasteiger partial charge in [0, 0.05) is 28.6 Å². The van der Waals surface area contributed by atoms with Crippen molar-refractivity contribution in [1.82, 2.24) is 0 Å². The number of hydrogen-bond acceptors (Lipinski definition) is 4. The molecule has 5 rings (SSSR count). The number of para-hydroxylation sites is 1. The molecule has 2 heterocycles. The van der Waals surface area contributed by atoms with Crippen LogP contribution in [0, 0.1) is 0 Å². The Hall–Kier alpha value is -3.50. The summed E-state index contributed by atoms with van der Waals surface area (Å²) in [5, 5.41) is 27.7. The van der Waals surface area contributed by atoms with Crippen LogP contribution in [-0.4, -0.2) is 16.8 Å². The molecule has 0 amide bonds.